The van der Waals surface area contributed by atoms with E-state index in [-0.39, 0.29) is 22.8 Å². The van der Waals surface area contributed by atoms with Crippen LogP contribution in [-0.4, -0.2) is 27.2 Å². The Morgan fingerprint density at radius 3 is 2.58 bits per heavy atom. The van der Waals surface area contributed by atoms with E-state index < -0.39 is 0 Å². The molecule has 0 saturated heterocycles. The van der Waals surface area contributed by atoms with Crippen molar-refractivity contribution in [3.8, 4) is 0 Å². The summed E-state index contributed by atoms with van der Waals surface area (Å²) in [6.45, 7) is 2.79. The third kappa shape index (κ3) is 3.27. The van der Waals surface area contributed by atoms with Gasteiger partial charge in [0.05, 0.1) is 0 Å². The molecule has 0 bridgehead atoms. The Kier molecular flexibility index (Phi) is 4.55. The van der Waals surface area contributed by atoms with Crippen LogP contribution >= 0.6 is 0 Å². The third-order valence-corrected chi connectivity index (χ3v) is 5.09. The summed E-state index contributed by atoms with van der Waals surface area (Å²) < 4.78 is 1.13. The molecule has 1 aromatic carbocycles. The maximum absolute atomic E-state index is 12.2. The van der Waals surface area contributed by atoms with Crippen LogP contribution < -0.4 is 11.0 Å². The number of hydrogen-bond donors (Lipinski definition) is 2. The van der Waals surface area contributed by atoms with E-state index in [2.05, 4.69) is 46.6 Å². The molecule has 1 heterocycles. The summed E-state index contributed by atoms with van der Waals surface area (Å²) in [6, 6.07) is 8.53. The van der Waals surface area contributed by atoms with E-state index in [4.69, 9.17) is 0 Å². The number of benzene rings is 1. The summed E-state index contributed by atoms with van der Waals surface area (Å²) in [4.78, 5) is 26.1. The summed E-state index contributed by atoms with van der Waals surface area (Å²) >= 11 is 0. The predicted octanol–water partition coefficient (Wildman–Crippen LogP) is 1.81. The Bertz CT molecular complexity index is 786. The van der Waals surface area contributed by atoms with Gasteiger partial charge < -0.3 is 5.32 Å². The van der Waals surface area contributed by atoms with Gasteiger partial charge in [0.1, 0.15) is 0 Å². The van der Waals surface area contributed by atoms with E-state index in [1.165, 1.54) is 24.6 Å². The second kappa shape index (κ2) is 6.63. The van der Waals surface area contributed by atoms with Gasteiger partial charge >= 0.3 is 5.69 Å². The van der Waals surface area contributed by atoms with Gasteiger partial charge in [0.15, 0.2) is 0 Å². The largest absolute Gasteiger partial charge is 0.349 e. The van der Waals surface area contributed by atoms with Crippen LogP contribution in [0.25, 0.3) is 0 Å². The fourth-order valence-electron chi connectivity index (χ4n) is 3.43. The highest BCUT2D eigenvalue weighted by molar-refractivity contribution is 5.90. The Morgan fingerprint density at radius 1 is 1.33 bits per heavy atom. The highest BCUT2D eigenvalue weighted by atomic mass is 16.2. The second-order valence-electron chi connectivity index (χ2n) is 6.74. The highest BCUT2D eigenvalue weighted by Crippen LogP contribution is 2.43. The van der Waals surface area contributed by atoms with E-state index in [1.54, 1.807) is 0 Å². The van der Waals surface area contributed by atoms with E-state index in [9.17, 15) is 9.59 Å². The average molecular weight is 328 g/mol. The topological polar surface area (TPSA) is 79.8 Å². The first-order valence-electron chi connectivity index (χ1n) is 8.51. The monoisotopic (exact) mass is 328 g/mol. The lowest BCUT2D eigenvalue weighted by molar-refractivity contribution is 0.0849. The SMILES string of the molecule is CCc1ccccc1CC1(CNC(=O)c2nn(C)c(=O)[nH]2)CCC1. The molecule has 1 aromatic heterocycles. The van der Waals surface area contributed by atoms with Crippen molar-refractivity contribution in [1.82, 2.24) is 20.1 Å². The van der Waals surface area contributed by atoms with Crippen molar-refractivity contribution in [2.75, 3.05) is 6.54 Å². The number of nitrogens with zero attached hydrogens (tertiary/aromatic N) is 2. The van der Waals surface area contributed by atoms with Crippen molar-refractivity contribution in [2.45, 2.75) is 39.0 Å². The summed E-state index contributed by atoms with van der Waals surface area (Å²) in [5.74, 6) is -0.242. The molecule has 2 N–H and O–H groups in total. The number of aromatic amines is 1. The van der Waals surface area contributed by atoms with Crippen molar-refractivity contribution in [2.24, 2.45) is 12.5 Å². The quantitative estimate of drug-likeness (QED) is 0.849. The first-order valence-corrected chi connectivity index (χ1v) is 8.51. The molecule has 24 heavy (non-hydrogen) atoms. The molecule has 1 aliphatic rings. The number of carbonyl (C=O) groups is 1. The van der Waals surface area contributed by atoms with Crippen molar-refractivity contribution in [1.29, 1.82) is 0 Å². The van der Waals surface area contributed by atoms with Gasteiger partial charge in [-0.2, -0.15) is 0 Å². The zero-order valence-corrected chi connectivity index (χ0v) is 14.3. The lowest BCUT2D eigenvalue weighted by atomic mass is 9.65. The van der Waals surface area contributed by atoms with Gasteiger partial charge in [-0.05, 0) is 42.2 Å². The van der Waals surface area contributed by atoms with Crippen LogP contribution in [0.1, 0.15) is 47.9 Å². The zero-order valence-electron chi connectivity index (χ0n) is 14.3. The van der Waals surface area contributed by atoms with Gasteiger partial charge in [-0.15, -0.1) is 5.10 Å². The molecule has 0 radical (unpaired) electrons. The number of nitrogens with one attached hydrogen (secondary N) is 2. The van der Waals surface area contributed by atoms with E-state index in [1.807, 2.05) is 0 Å². The molecule has 1 aliphatic carbocycles. The van der Waals surface area contributed by atoms with Crippen molar-refractivity contribution < 1.29 is 4.79 Å². The molecule has 128 valence electrons. The second-order valence-corrected chi connectivity index (χ2v) is 6.74. The molecule has 1 fully saturated rings. The van der Waals surface area contributed by atoms with Gasteiger partial charge in [-0.25, -0.2) is 9.48 Å². The Labute approximate surface area is 141 Å². The summed E-state index contributed by atoms with van der Waals surface area (Å²) in [5.41, 5.74) is 2.50. The predicted molar refractivity (Wildman–Crippen MR) is 92.0 cm³/mol. The van der Waals surface area contributed by atoms with Gasteiger partial charge in [-0.3, -0.25) is 9.78 Å². The first-order chi connectivity index (χ1) is 11.5. The van der Waals surface area contributed by atoms with Gasteiger partial charge in [-0.1, -0.05) is 37.6 Å². The number of aryl methyl sites for hydroxylation is 2. The molecule has 6 heteroatoms. The lowest BCUT2D eigenvalue weighted by Gasteiger charge is -2.42. The normalized spacial score (nSPS) is 15.8. The van der Waals surface area contributed by atoms with Crippen molar-refractivity contribution >= 4 is 5.91 Å². The maximum Gasteiger partial charge on any atom is 0.343 e. The number of carbonyl (C=O) groups excluding carboxylic acids is 1. The third-order valence-electron chi connectivity index (χ3n) is 5.09. The fourth-order valence-corrected chi connectivity index (χ4v) is 3.43. The summed E-state index contributed by atoms with van der Waals surface area (Å²) in [6.07, 6.45) is 5.43. The van der Waals surface area contributed by atoms with Crippen LogP contribution in [-0.2, 0) is 19.9 Å². The van der Waals surface area contributed by atoms with Crippen LogP contribution in [0.3, 0.4) is 0 Å². The van der Waals surface area contributed by atoms with Crippen LogP contribution in [0.4, 0.5) is 0 Å². The Balaban J connectivity index is 1.67. The van der Waals surface area contributed by atoms with Crippen LogP contribution in [0.15, 0.2) is 29.1 Å². The first kappa shape index (κ1) is 16.5. The number of amides is 1. The maximum atomic E-state index is 12.2. The minimum atomic E-state index is -0.379. The molecule has 0 spiro atoms. The molecule has 6 nitrogen and oxygen atoms in total. The van der Waals surface area contributed by atoms with E-state index >= 15 is 0 Å². The van der Waals surface area contributed by atoms with Crippen LogP contribution in [0, 0.1) is 5.41 Å². The standard InChI is InChI=1S/C18H24N4O2/c1-3-13-7-4-5-8-14(13)11-18(9-6-10-18)12-19-16(23)15-20-17(24)22(2)21-15/h4-5,7-8H,3,6,9-12H2,1-2H3,(H,19,23)(H,20,21,24). The molecule has 2 aromatic rings. The van der Waals surface area contributed by atoms with Gasteiger partial charge in [0.25, 0.3) is 5.91 Å². The van der Waals surface area contributed by atoms with Crippen molar-refractivity contribution in [3.05, 3.63) is 51.7 Å². The van der Waals surface area contributed by atoms with Gasteiger partial charge in [0, 0.05) is 13.6 Å². The molecule has 0 aliphatic heterocycles. The number of aromatic nitrogens is 3. The van der Waals surface area contributed by atoms with Crippen LogP contribution in [0.2, 0.25) is 0 Å². The minimum absolute atomic E-state index is 0.0749. The zero-order chi connectivity index (χ0) is 17.2. The van der Waals surface area contributed by atoms with E-state index in [0.29, 0.717) is 6.54 Å². The number of H-pyrrole nitrogens is 1. The molecular weight excluding hydrogens is 304 g/mol. The summed E-state index contributed by atoms with van der Waals surface area (Å²) in [7, 11) is 1.52. The Morgan fingerprint density at radius 2 is 2.04 bits per heavy atom. The van der Waals surface area contributed by atoms with Crippen molar-refractivity contribution in [3.63, 3.8) is 0 Å². The fraction of sp³-hybridized carbons (Fsp3) is 0.500. The molecule has 1 saturated carbocycles. The molecule has 3 rings (SSSR count). The molecule has 0 unspecified atom stereocenters. The Hall–Kier alpha value is -2.37. The smallest absolute Gasteiger partial charge is 0.343 e. The van der Waals surface area contributed by atoms with Crippen LogP contribution in [0.5, 0.6) is 0 Å². The van der Waals surface area contributed by atoms with E-state index in [0.717, 1.165) is 30.4 Å². The minimum Gasteiger partial charge on any atom is -0.349 e. The number of rotatable bonds is 6. The average Bonchev–Trinajstić information content (AvgIpc) is 2.89. The molecule has 1 amide bonds. The number of hydrogen-bond acceptors (Lipinski definition) is 3. The lowest BCUT2D eigenvalue weighted by Crippen LogP contribution is -2.44. The van der Waals surface area contributed by atoms with Gasteiger partial charge in [0.2, 0.25) is 5.82 Å². The molecule has 0 atom stereocenters. The summed E-state index contributed by atoms with van der Waals surface area (Å²) in [5, 5.41) is 6.86. The highest BCUT2D eigenvalue weighted by Gasteiger charge is 2.37. The molecular formula is C18H24N4O2.